The van der Waals surface area contributed by atoms with Crippen molar-refractivity contribution in [3.05, 3.63) is 40.9 Å². The van der Waals surface area contributed by atoms with Gasteiger partial charge >= 0.3 is 0 Å². The molecule has 0 fully saturated rings. The van der Waals surface area contributed by atoms with Crippen LogP contribution in [0, 0.1) is 0 Å². The van der Waals surface area contributed by atoms with Gasteiger partial charge in [-0.2, -0.15) is 0 Å². The second kappa shape index (κ2) is 6.47. The van der Waals surface area contributed by atoms with Gasteiger partial charge in [0.05, 0.1) is 0 Å². The van der Waals surface area contributed by atoms with Crippen LogP contribution in [0.25, 0.3) is 0 Å². The summed E-state index contributed by atoms with van der Waals surface area (Å²) in [5, 5.41) is 12.9. The summed E-state index contributed by atoms with van der Waals surface area (Å²) in [5.41, 5.74) is 1.20. The summed E-state index contributed by atoms with van der Waals surface area (Å²) < 4.78 is 0. The van der Waals surface area contributed by atoms with Crippen LogP contribution in [-0.4, -0.2) is 41.1 Å². The molecule has 106 valence electrons. The number of carbonyl (C=O) groups excluding carboxylic acids is 1. The lowest BCUT2D eigenvalue weighted by Gasteiger charge is -2.16. The summed E-state index contributed by atoms with van der Waals surface area (Å²) in [4.78, 5) is 13.3. The van der Waals surface area contributed by atoms with Crippen molar-refractivity contribution in [1.82, 2.24) is 15.1 Å². The highest BCUT2D eigenvalue weighted by molar-refractivity contribution is 7.15. The third-order valence-electron chi connectivity index (χ3n) is 2.82. The minimum Gasteiger partial charge on any atom is -0.349 e. The number of hydrogen-bond donors (Lipinski definition) is 1. The summed E-state index contributed by atoms with van der Waals surface area (Å²) in [5.74, 6) is 0.0183. The van der Waals surface area contributed by atoms with Crippen molar-refractivity contribution in [1.29, 1.82) is 0 Å². The molecule has 1 aromatic heterocycles. The number of nitrogens with zero attached hydrogens (tertiary/aromatic N) is 3. The Bertz CT molecular complexity index is 568. The van der Waals surface area contributed by atoms with E-state index in [9.17, 15) is 4.79 Å². The molecule has 0 aliphatic rings. The third kappa shape index (κ3) is 3.77. The highest BCUT2D eigenvalue weighted by Crippen LogP contribution is 2.19. The molecule has 6 heteroatoms. The summed E-state index contributed by atoms with van der Waals surface area (Å²) >= 11 is 1.48. The Morgan fingerprint density at radius 1 is 1.30 bits per heavy atom. The summed E-state index contributed by atoms with van der Waals surface area (Å²) in [6.07, 6.45) is 0.760. The average molecular weight is 290 g/mol. The Kier molecular flexibility index (Phi) is 4.68. The van der Waals surface area contributed by atoms with E-state index >= 15 is 0 Å². The van der Waals surface area contributed by atoms with Crippen molar-refractivity contribution in [2.24, 2.45) is 0 Å². The van der Waals surface area contributed by atoms with Gasteiger partial charge in [-0.15, -0.1) is 10.2 Å². The van der Waals surface area contributed by atoms with Crippen LogP contribution in [0.1, 0.15) is 17.5 Å². The molecule has 0 saturated carbocycles. The molecule has 2 aromatic rings. The van der Waals surface area contributed by atoms with Gasteiger partial charge in [-0.05, 0) is 12.5 Å². The van der Waals surface area contributed by atoms with Crippen LogP contribution in [-0.2, 0) is 11.2 Å². The number of amides is 1. The second-order valence-electron chi connectivity index (χ2n) is 4.76. The highest BCUT2D eigenvalue weighted by atomic mass is 32.1. The normalized spacial score (nSPS) is 11.9. The third-order valence-corrected chi connectivity index (χ3v) is 3.67. The fraction of sp³-hybridized carbons (Fsp3) is 0.357. The Morgan fingerprint density at radius 3 is 2.65 bits per heavy atom. The van der Waals surface area contributed by atoms with Crippen LogP contribution in [0.5, 0.6) is 0 Å². The zero-order chi connectivity index (χ0) is 14.5. The molecule has 1 heterocycles. The molecule has 0 aliphatic carbocycles. The molecule has 0 saturated heterocycles. The number of carbonyl (C=O) groups is 1. The van der Waals surface area contributed by atoms with E-state index in [2.05, 4.69) is 27.6 Å². The van der Waals surface area contributed by atoms with Crippen molar-refractivity contribution in [2.45, 2.75) is 19.4 Å². The lowest BCUT2D eigenvalue weighted by Crippen LogP contribution is -2.36. The fourth-order valence-electron chi connectivity index (χ4n) is 1.79. The van der Waals surface area contributed by atoms with Gasteiger partial charge in [0.2, 0.25) is 11.0 Å². The van der Waals surface area contributed by atoms with Gasteiger partial charge in [-0.3, -0.25) is 4.79 Å². The van der Waals surface area contributed by atoms with Crippen LogP contribution in [0.15, 0.2) is 30.3 Å². The molecule has 1 atom stereocenters. The molecular formula is C14H18N4OS. The van der Waals surface area contributed by atoms with E-state index in [4.69, 9.17) is 0 Å². The Labute approximate surface area is 122 Å². The number of nitrogens with one attached hydrogen (secondary N) is 1. The minimum atomic E-state index is -0.303. The van der Waals surface area contributed by atoms with E-state index in [0.29, 0.717) is 5.13 Å². The van der Waals surface area contributed by atoms with Crippen molar-refractivity contribution in [3.8, 4) is 0 Å². The molecule has 1 N–H and O–H groups in total. The molecule has 0 aliphatic heterocycles. The maximum Gasteiger partial charge on any atom is 0.244 e. The number of rotatable bonds is 5. The van der Waals surface area contributed by atoms with E-state index in [1.807, 2.05) is 25.1 Å². The zero-order valence-electron chi connectivity index (χ0n) is 11.8. The molecular weight excluding hydrogens is 272 g/mol. The van der Waals surface area contributed by atoms with E-state index in [1.165, 1.54) is 16.9 Å². The second-order valence-corrected chi connectivity index (χ2v) is 5.82. The van der Waals surface area contributed by atoms with E-state index in [1.54, 1.807) is 19.0 Å². The molecule has 20 heavy (non-hydrogen) atoms. The maximum absolute atomic E-state index is 11.8. The van der Waals surface area contributed by atoms with Crippen LogP contribution in [0.4, 0.5) is 5.13 Å². The largest absolute Gasteiger partial charge is 0.349 e. The van der Waals surface area contributed by atoms with Crippen LogP contribution >= 0.6 is 11.3 Å². The predicted octanol–water partition coefficient (Wildman–Crippen LogP) is 2.02. The maximum atomic E-state index is 11.8. The van der Waals surface area contributed by atoms with Crippen molar-refractivity contribution in [3.63, 3.8) is 0 Å². The molecule has 1 aromatic carbocycles. The van der Waals surface area contributed by atoms with Gasteiger partial charge in [0, 0.05) is 20.5 Å². The first-order valence-corrected chi connectivity index (χ1v) is 7.22. The van der Waals surface area contributed by atoms with Crippen LogP contribution in [0.2, 0.25) is 0 Å². The molecule has 0 radical (unpaired) electrons. The smallest absolute Gasteiger partial charge is 0.244 e. The number of aromatic nitrogens is 2. The predicted molar refractivity (Wildman–Crippen MR) is 80.9 cm³/mol. The van der Waals surface area contributed by atoms with Gasteiger partial charge in [-0.25, -0.2) is 0 Å². The summed E-state index contributed by atoms with van der Waals surface area (Å²) in [6.45, 7) is 1.82. The Balaban J connectivity index is 1.97. The van der Waals surface area contributed by atoms with Gasteiger partial charge in [0.1, 0.15) is 11.0 Å². The van der Waals surface area contributed by atoms with E-state index in [0.717, 1.165) is 11.4 Å². The van der Waals surface area contributed by atoms with Gasteiger partial charge in [0.25, 0.3) is 0 Å². The zero-order valence-corrected chi connectivity index (χ0v) is 12.6. The molecule has 2 rings (SSSR count). The van der Waals surface area contributed by atoms with Crippen molar-refractivity contribution >= 4 is 22.4 Å². The number of anilines is 1. The van der Waals surface area contributed by atoms with E-state index in [-0.39, 0.29) is 11.9 Å². The van der Waals surface area contributed by atoms with Crippen molar-refractivity contribution < 1.29 is 4.79 Å². The fourth-order valence-corrected chi connectivity index (χ4v) is 2.65. The van der Waals surface area contributed by atoms with Crippen molar-refractivity contribution in [2.75, 3.05) is 19.4 Å². The lowest BCUT2D eigenvalue weighted by molar-refractivity contribution is -0.129. The first-order chi connectivity index (χ1) is 9.56. The van der Waals surface area contributed by atoms with E-state index < -0.39 is 0 Å². The summed E-state index contributed by atoms with van der Waals surface area (Å²) in [6, 6.07) is 9.83. The Morgan fingerprint density at radius 2 is 2.00 bits per heavy atom. The minimum absolute atomic E-state index is 0.0183. The first kappa shape index (κ1) is 14.5. The first-order valence-electron chi connectivity index (χ1n) is 6.40. The van der Waals surface area contributed by atoms with Gasteiger partial charge in [0.15, 0.2) is 0 Å². The monoisotopic (exact) mass is 290 g/mol. The SMILES string of the molecule is C[C@H](Nc1nnc(Cc2ccccc2)s1)C(=O)N(C)C. The molecule has 0 spiro atoms. The lowest BCUT2D eigenvalue weighted by atomic mass is 10.2. The topological polar surface area (TPSA) is 58.1 Å². The molecule has 0 unspecified atom stereocenters. The standard InChI is InChI=1S/C14H18N4OS/c1-10(13(19)18(2)3)15-14-17-16-12(20-14)9-11-7-5-4-6-8-11/h4-8,10H,9H2,1-3H3,(H,15,17)/t10-/m0/s1. The average Bonchev–Trinajstić information content (AvgIpc) is 2.86. The number of hydrogen-bond acceptors (Lipinski definition) is 5. The summed E-state index contributed by atoms with van der Waals surface area (Å²) in [7, 11) is 3.48. The van der Waals surface area contributed by atoms with Gasteiger partial charge < -0.3 is 10.2 Å². The quantitative estimate of drug-likeness (QED) is 0.915. The molecule has 5 nitrogen and oxygen atoms in total. The van der Waals surface area contributed by atoms with Crippen LogP contribution < -0.4 is 5.32 Å². The molecule has 0 bridgehead atoms. The molecule has 1 amide bonds. The number of likely N-dealkylation sites (N-methyl/N-ethyl adjacent to an activating group) is 1. The van der Waals surface area contributed by atoms with Crippen LogP contribution in [0.3, 0.4) is 0 Å². The number of benzene rings is 1. The Hall–Kier alpha value is -1.95. The van der Waals surface area contributed by atoms with Gasteiger partial charge in [-0.1, -0.05) is 41.7 Å². The highest BCUT2D eigenvalue weighted by Gasteiger charge is 2.16.